The molecule has 1 fully saturated rings. The van der Waals surface area contributed by atoms with Crippen molar-refractivity contribution in [3.05, 3.63) is 118 Å². The number of aryl methyl sites for hydroxylation is 1. The first-order valence-corrected chi connectivity index (χ1v) is 14.6. The number of nitrogen functional groups attached to an aromatic ring is 1. The van der Waals surface area contributed by atoms with E-state index in [9.17, 15) is 9.90 Å². The lowest BCUT2D eigenvalue weighted by molar-refractivity contribution is -0.0994. The Balaban J connectivity index is 1.56. The highest BCUT2D eigenvalue weighted by Crippen LogP contribution is 2.43. The van der Waals surface area contributed by atoms with Crippen molar-refractivity contribution in [2.24, 2.45) is 0 Å². The molecule has 1 saturated heterocycles. The maximum Gasteiger partial charge on any atom is 0.351 e. The monoisotopic (exact) mass is 617 g/mol. The number of aliphatic hydroxyl groups is 1. The Bertz CT molecular complexity index is 1550. The van der Waals surface area contributed by atoms with Crippen molar-refractivity contribution >= 4 is 5.82 Å². The topological polar surface area (TPSA) is 137 Å². The van der Waals surface area contributed by atoms with E-state index in [-0.39, 0.29) is 25.6 Å². The Hall–Kier alpha value is -4.26. The fourth-order valence-corrected chi connectivity index (χ4v) is 5.57. The van der Waals surface area contributed by atoms with Crippen LogP contribution in [0.3, 0.4) is 0 Å². The van der Waals surface area contributed by atoms with E-state index >= 15 is 0 Å². The molecule has 1 aromatic heterocycles. The van der Waals surface area contributed by atoms with Gasteiger partial charge in [0.1, 0.15) is 41.2 Å². The summed E-state index contributed by atoms with van der Waals surface area (Å²) in [5.74, 6) is 1.52. The van der Waals surface area contributed by atoms with Gasteiger partial charge in [-0.1, -0.05) is 54.6 Å². The minimum atomic E-state index is -1.16. The summed E-state index contributed by atoms with van der Waals surface area (Å²) < 4.78 is 36.6. The molecule has 0 bridgehead atoms. The van der Waals surface area contributed by atoms with Crippen LogP contribution in [-0.4, -0.2) is 74.1 Å². The van der Waals surface area contributed by atoms with Gasteiger partial charge in [0.15, 0.2) is 6.23 Å². The van der Waals surface area contributed by atoms with Gasteiger partial charge in [0.25, 0.3) is 0 Å². The van der Waals surface area contributed by atoms with Gasteiger partial charge >= 0.3 is 5.69 Å². The predicted octanol–water partition coefficient (Wildman–Crippen LogP) is 3.45. The summed E-state index contributed by atoms with van der Waals surface area (Å²) in [4.78, 5) is 16.8. The summed E-state index contributed by atoms with van der Waals surface area (Å²) in [5.41, 5.74) is 7.21. The molecule has 0 amide bonds. The second kappa shape index (κ2) is 14.2. The summed E-state index contributed by atoms with van der Waals surface area (Å²) >= 11 is 0. The molecule has 0 radical (unpaired) electrons. The number of benzene rings is 3. The van der Waals surface area contributed by atoms with Gasteiger partial charge in [-0.05, 0) is 47.9 Å². The zero-order valence-electron chi connectivity index (χ0n) is 25.8. The van der Waals surface area contributed by atoms with Crippen molar-refractivity contribution in [2.45, 2.75) is 37.1 Å². The molecular formula is C34H39N3O8. The Kier molecular flexibility index (Phi) is 10.2. The number of hydrogen-bond acceptors (Lipinski definition) is 10. The molecule has 3 aromatic carbocycles. The highest BCUT2D eigenvalue weighted by Gasteiger charge is 2.48. The van der Waals surface area contributed by atoms with E-state index < -0.39 is 35.8 Å². The Morgan fingerprint density at radius 2 is 1.47 bits per heavy atom. The standard InChI is InChI=1S/C34H39N3O8/c1-22-20-37(33(39)36-31(22)35)32-30(43-19-18-40-2)29(38)28(45-32)21-44-34(23-8-6-5-7-9-23,24-10-14-26(41-3)15-11-24)25-12-16-27(42-4)17-13-25/h5-17,20,28-30,32,38H,18-19,21H2,1-4H3,(H2,35,36,39). The third-order valence-electron chi connectivity index (χ3n) is 8.00. The first kappa shape index (κ1) is 32.1. The Labute approximate surface area is 262 Å². The van der Waals surface area contributed by atoms with Gasteiger partial charge < -0.3 is 39.3 Å². The number of ether oxygens (including phenoxy) is 6. The summed E-state index contributed by atoms with van der Waals surface area (Å²) in [5, 5.41) is 11.6. The average molecular weight is 618 g/mol. The normalized spacial score (nSPS) is 19.8. The SMILES string of the molecule is COCCOC1C(O)C(COC(c2ccccc2)(c2ccc(OC)cc2)c2ccc(OC)cc2)OC1n1cc(C)c(N)nc1=O. The number of hydrogen-bond donors (Lipinski definition) is 2. The van der Waals surface area contributed by atoms with Crippen molar-refractivity contribution in [2.75, 3.05) is 46.9 Å². The van der Waals surface area contributed by atoms with E-state index in [0.717, 1.165) is 16.7 Å². The Morgan fingerprint density at radius 1 is 0.889 bits per heavy atom. The highest BCUT2D eigenvalue weighted by molar-refractivity contribution is 5.49. The lowest BCUT2D eigenvalue weighted by atomic mass is 9.80. The van der Waals surface area contributed by atoms with Crippen molar-refractivity contribution in [1.82, 2.24) is 9.55 Å². The lowest BCUT2D eigenvalue weighted by Gasteiger charge is -2.37. The smallest absolute Gasteiger partial charge is 0.351 e. The number of nitrogens with zero attached hydrogens (tertiary/aromatic N) is 2. The molecule has 0 aliphatic carbocycles. The third-order valence-corrected chi connectivity index (χ3v) is 8.00. The van der Waals surface area contributed by atoms with Crippen LogP contribution < -0.4 is 20.9 Å². The van der Waals surface area contributed by atoms with Crippen molar-refractivity contribution < 1.29 is 33.5 Å². The maximum atomic E-state index is 12.9. The molecule has 238 valence electrons. The molecule has 1 aliphatic rings. The van der Waals surface area contributed by atoms with Crippen LogP contribution in [0.25, 0.3) is 0 Å². The van der Waals surface area contributed by atoms with Gasteiger partial charge in [-0.15, -0.1) is 0 Å². The number of methoxy groups -OCH3 is 3. The van der Waals surface area contributed by atoms with Crippen LogP contribution in [0.5, 0.6) is 11.5 Å². The fourth-order valence-electron chi connectivity index (χ4n) is 5.57. The van der Waals surface area contributed by atoms with Crippen LogP contribution in [0.15, 0.2) is 89.9 Å². The quantitative estimate of drug-likeness (QED) is 0.170. The van der Waals surface area contributed by atoms with Crippen LogP contribution >= 0.6 is 0 Å². The van der Waals surface area contributed by atoms with Crippen molar-refractivity contribution in [3.63, 3.8) is 0 Å². The lowest BCUT2D eigenvalue weighted by Crippen LogP contribution is -2.41. The molecule has 4 aromatic rings. The van der Waals surface area contributed by atoms with Crippen LogP contribution in [0.4, 0.5) is 5.82 Å². The molecule has 11 nitrogen and oxygen atoms in total. The molecule has 3 N–H and O–H groups in total. The van der Waals surface area contributed by atoms with Crippen LogP contribution in [0.2, 0.25) is 0 Å². The minimum absolute atomic E-state index is 0.0646. The Morgan fingerprint density at radius 3 is 2.02 bits per heavy atom. The molecule has 0 spiro atoms. The molecule has 0 saturated carbocycles. The van der Waals surface area contributed by atoms with E-state index in [4.69, 9.17) is 34.2 Å². The van der Waals surface area contributed by atoms with E-state index in [0.29, 0.717) is 17.1 Å². The van der Waals surface area contributed by atoms with Gasteiger partial charge in [0.05, 0.1) is 34.0 Å². The zero-order valence-corrected chi connectivity index (χ0v) is 25.8. The molecule has 45 heavy (non-hydrogen) atoms. The van der Waals surface area contributed by atoms with E-state index in [2.05, 4.69) is 4.98 Å². The third kappa shape index (κ3) is 6.58. The van der Waals surface area contributed by atoms with Crippen LogP contribution in [0.1, 0.15) is 28.5 Å². The number of aromatic nitrogens is 2. The van der Waals surface area contributed by atoms with Crippen molar-refractivity contribution in [1.29, 1.82) is 0 Å². The van der Waals surface area contributed by atoms with Gasteiger partial charge in [0.2, 0.25) is 0 Å². The summed E-state index contributed by atoms with van der Waals surface area (Å²) in [6.07, 6.45) is -2.38. The zero-order chi connectivity index (χ0) is 32.0. The molecule has 11 heteroatoms. The highest BCUT2D eigenvalue weighted by atomic mass is 16.6. The predicted molar refractivity (Wildman–Crippen MR) is 167 cm³/mol. The minimum Gasteiger partial charge on any atom is -0.497 e. The summed E-state index contributed by atoms with van der Waals surface area (Å²) in [6, 6.07) is 25.1. The second-order valence-electron chi connectivity index (χ2n) is 10.7. The summed E-state index contributed by atoms with van der Waals surface area (Å²) in [7, 11) is 4.78. The molecule has 1 aliphatic heterocycles. The van der Waals surface area contributed by atoms with Gasteiger partial charge in [-0.2, -0.15) is 4.98 Å². The average Bonchev–Trinajstić information content (AvgIpc) is 3.38. The van der Waals surface area contributed by atoms with E-state index in [1.807, 2.05) is 78.9 Å². The second-order valence-corrected chi connectivity index (χ2v) is 10.7. The summed E-state index contributed by atoms with van der Waals surface area (Å²) in [6.45, 7) is 2.14. The maximum absolute atomic E-state index is 12.9. The number of aliphatic hydroxyl groups excluding tert-OH is 1. The number of nitrogens with two attached hydrogens (primary N) is 1. The number of anilines is 1. The molecule has 5 rings (SSSR count). The van der Waals surface area contributed by atoms with Crippen LogP contribution in [-0.2, 0) is 24.5 Å². The van der Waals surface area contributed by atoms with Gasteiger partial charge in [0, 0.05) is 18.9 Å². The van der Waals surface area contributed by atoms with Crippen LogP contribution in [0, 0.1) is 6.92 Å². The van der Waals surface area contributed by atoms with E-state index in [1.54, 1.807) is 34.4 Å². The fraction of sp³-hybridized carbons (Fsp3) is 0.353. The first-order valence-electron chi connectivity index (χ1n) is 14.6. The van der Waals surface area contributed by atoms with Crippen molar-refractivity contribution in [3.8, 4) is 11.5 Å². The molecule has 4 atom stereocenters. The first-order chi connectivity index (χ1) is 21.8. The molecular weight excluding hydrogens is 578 g/mol. The molecule has 2 heterocycles. The van der Waals surface area contributed by atoms with Gasteiger partial charge in [-0.25, -0.2) is 4.79 Å². The van der Waals surface area contributed by atoms with Gasteiger partial charge in [-0.3, -0.25) is 4.57 Å². The largest absolute Gasteiger partial charge is 0.497 e. The number of rotatable bonds is 13. The van der Waals surface area contributed by atoms with E-state index in [1.165, 1.54) is 4.57 Å². The molecule has 4 unspecified atom stereocenters.